The number of hydrogen-bond donors (Lipinski definition) is 0. The van der Waals surface area contributed by atoms with Gasteiger partial charge in [-0.25, -0.2) is 0 Å². The van der Waals surface area contributed by atoms with Crippen molar-refractivity contribution in [3.8, 4) is 0 Å². The highest BCUT2D eigenvalue weighted by atomic mass is 15.3. The molecule has 0 amide bonds. The number of hydrogen-bond acceptors (Lipinski definition) is 2. The zero-order chi connectivity index (χ0) is 8.43. The molecule has 2 nitrogen and oxygen atoms in total. The first kappa shape index (κ1) is 9.01. The Hall–Kier alpha value is -0.0800. The van der Waals surface area contributed by atoms with Gasteiger partial charge < -0.3 is 9.80 Å². The monoisotopic (exact) mass is 156 g/mol. The molecule has 0 aromatic carbocycles. The van der Waals surface area contributed by atoms with E-state index in [-0.39, 0.29) is 0 Å². The molecule has 2 aliphatic rings. The molecule has 0 aromatic heterocycles. The standard InChI is InChI=1S/C7H14N2.C2H6/c1-8-3-6-4-9(2)7(6)5-8;1-2/h6-7H,3-5H2,1-2H3;1-2H3. The van der Waals surface area contributed by atoms with Crippen LogP contribution in [0.25, 0.3) is 0 Å². The van der Waals surface area contributed by atoms with Crippen molar-refractivity contribution in [3.63, 3.8) is 0 Å². The van der Waals surface area contributed by atoms with Crippen LogP contribution in [0.3, 0.4) is 0 Å². The summed E-state index contributed by atoms with van der Waals surface area (Å²) in [6, 6.07) is 0.898. The quantitative estimate of drug-likeness (QED) is 0.514. The van der Waals surface area contributed by atoms with E-state index in [9.17, 15) is 0 Å². The molecule has 0 aromatic rings. The minimum Gasteiger partial charge on any atom is -0.304 e. The summed E-state index contributed by atoms with van der Waals surface area (Å²) < 4.78 is 0. The van der Waals surface area contributed by atoms with Gasteiger partial charge in [-0.1, -0.05) is 13.8 Å². The fraction of sp³-hybridized carbons (Fsp3) is 1.00. The first-order chi connectivity index (χ1) is 5.27. The van der Waals surface area contributed by atoms with Crippen molar-refractivity contribution in [2.45, 2.75) is 19.9 Å². The zero-order valence-corrected chi connectivity index (χ0v) is 8.17. The molecule has 2 rings (SSSR count). The van der Waals surface area contributed by atoms with Crippen LogP contribution in [0.2, 0.25) is 0 Å². The fourth-order valence-corrected chi connectivity index (χ4v) is 2.11. The van der Waals surface area contributed by atoms with E-state index in [0.717, 1.165) is 12.0 Å². The Morgan fingerprint density at radius 2 is 1.64 bits per heavy atom. The van der Waals surface area contributed by atoms with Crippen LogP contribution in [0, 0.1) is 5.92 Å². The molecule has 2 fully saturated rings. The van der Waals surface area contributed by atoms with Crippen LogP contribution in [0.5, 0.6) is 0 Å². The molecule has 0 radical (unpaired) electrons. The first-order valence-corrected chi connectivity index (χ1v) is 4.66. The number of fused-ring (bicyclic) bond motifs is 1. The Kier molecular flexibility index (Phi) is 2.90. The lowest BCUT2D eigenvalue weighted by Crippen LogP contribution is -2.52. The van der Waals surface area contributed by atoms with E-state index in [0.29, 0.717) is 0 Å². The maximum absolute atomic E-state index is 2.45. The van der Waals surface area contributed by atoms with Gasteiger partial charge in [0.05, 0.1) is 0 Å². The van der Waals surface area contributed by atoms with E-state index in [1.807, 2.05) is 13.8 Å². The minimum atomic E-state index is 0.898. The molecule has 11 heavy (non-hydrogen) atoms. The summed E-state index contributed by atoms with van der Waals surface area (Å²) in [7, 11) is 4.44. The second kappa shape index (κ2) is 3.55. The Balaban J connectivity index is 0.000000281. The number of nitrogens with zero attached hydrogens (tertiary/aromatic N) is 2. The van der Waals surface area contributed by atoms with Crippen LogP contribution >= 0.6 is 0 Å². The smallest absolute Gasteiger partial charge is 0.0272 e. The third-order valence-corrected chi connectivity index (χ3v) is 2.68. The highest BCUT2D eigenvalue weighted by Crippen LogP contribution is 2.29. The molecule has 2 aliphatic heterocycles. The Morgan fingerprint density at radius 3 is 2.00 bits per heavy atom. The van der Waals surface area contributed by atoms with E-state index in [2.05, 4.69) is 23.9 Å². The third kappa shape index (κ3) is 1.57. The lowest BCUT2D eigenvalue weighted by atomic mass is 9.93. The summed E-state index contributed by atoms with van der Waals surface area (Å²) in [6.45, 7) is 7.95. The minimum absolute atomic E-state index is 0.898. The lowest BCUT2D eigenvalue weighted by molar-refractivity contribution is 0.0826. The molecule has 2 heterocycles. The van der Waals surface area contributed by atoms with E-state index in [1.165, 1.54) is 19.6 Å². The number of likely N-dealkylation sites (tertiary alicyclic amines) is 2. The molecule has 2 atom stereocenters. The summed E-state index contributed by atoms with van der Waals surface area (Å²) in [4.78, 5) is 4.88. The fourth-order valence-electron chi connectivity index (χ4n) is 2.11. The average molecular weight is 156 g/mol. The molecule has 0 bridgehead atoms. The topological polar surface area (TPSA) is 6.48 Å². The summed E-state index contributed by atoms with van der Waals surface area (Å²) in [5.41, 5.74) is 0. The highest BCUT2D eigenvalue weighted by molar-refractivity contribution is 4.97. The average Bonchev–Trinajstić information content (AvgIpc) is 2.31. The van der Waals surface area contributed by atoms with Gasteiger partial charge in [-0.05, 0) is 14.1 Å². The van der Waals surface area contributed by atoms with Crippen molar-refractivity contribution >= 4 is 0 Å². The Bertz CT molecular complexity index is 125. The van der Waals surface area contributed by atoms with Crippen LogP contribution in [0.4, 0.5) is 0 Å². The van der Waals surface area contributed by atoms with Crippen LogP contribution in [-0.4, -0.2) is 49.6 Å². The predicted octanol–water partition coefficient (Wildman–Crippen LogP) is 0.888. The Morgan fingerprint density at radius 1 is 1.00 bits per heavy atom. The molecule has 66 valence electrons. The first-order valence-electron chi connectivity index (χ1n) is 4.66. The molecule has 0 aliphatic carbocycles. The molecular weight excluding hydrogens is 136 g/mol. The van der Waals surface area contributed by atoms with Crippen LogP contribution in [0.15, 0.2) is 0 Å². The summed E-state index contributed by atoms with van der Waals surface area (Å²) in [6.07, 6.45) is 0. The van der Waals surface area contributed by atoms with Gasteiger partial charge >= 0.3 is 0 Å². The van der Waals surface area contributed by atoms with Crippen molar-refractivity contribution in [1.29, 1.82) is 0 Å². The summed E-state index contributed by atoms with van der Waals surface area (Å²) >= 11 is 0. The number of likely N-dealkylation sites (N-methyl/N-ethyl adjacent to an activating group) is 2. The molecule has 2 heteroatoms. The van der Waals surface area contributed by atoms with Gasteiger partial charge in [0.1, 0.15) is 0 Å². The van der Waals surface area contributed by atoms with E-state index < -0.39 is 0 Å². The number of rotatable bonds is 0. The van der Waals surface area contributed by atoms with Crippen LogP contribution < -0.4 is 0 Å². The van der Waals surface area contributed by atoms with E-state index in [1.54, 1.807) is 0 Å². The summed E-state index contributed by atoms with van der Waals surface area (Å²) in [5, 5.41) is 0. The molecular formula is C9H20N2. The second-order valence-corrected chi connectivity index (χ2v) is 3.49. The van der Waals surface area contributed by atoms with Crippen molar-refractivity contribution < 1.29 is 0 Å². The van der Waals surface area contributed by atoms with Crippen molar-refractivity contribution in [2.24, 2.45) is 5.92 Å². The van der Waals surface area contributed by atoms with Gasteiger partial charge in [-0.15, -0.1) is 0 Å². The highest BCUT2D eigenvalue weighted by Gasteiger charge is 2.41. The summed E-state index contributed by atoms with van der Waals surface area (Å²) in [5.74, 6) is 1.000. The molecule has 0 N–H and O–H groups in total. The van der Waals surface area contributed by atoms with E-state index in [4.69, 9.17) is 0 Å². The van der Waals surface area contributed by atoms with Crippen LogP contribution in [0.1, 0.15) is 13.8 Å². The largest absolute Gasteiger partial charge is 0.304 e. The molecule has 2 unspecified atom stereocenters. The van der Waals surface area contributed by atoms with Crippen molar-refractivity contribution in [3.05, 3.63) is 0 Å². The maximum atomic E-state index is 2.45. The zero-order valence-electron chi connectivity index (χ0n) is 8.17. The maximum Gasteiger partial charge on any atom is 0.0272 e. The molecule has 0 spiro atoms. The Labute approximate surface area is 70.2 Å². The van der Waals surface area contributed by atoms with Gasteiger partial charge in [0.2, 0.25) is 0 Å². The molecule has 2 saturated heterocycles. The van der Waals surface area contributed by atoms with Gasteiger partial charge in [-0.2, -0.15) is 0 Å². The van der Waals surface area contributed by atoms with Gasteiger partial charge in [0.15, 0.2) is 0 Å². The normalized spacial score (nSPS) is 37.1. The van der Waals surface area contributed by atoms with Crippen molar-refractivity contribution in [2.75, 3.05) is 33.7 Å². The lowest BCUT2D eigenvalue weighted by Gasteiger charge is -2.40. The van der Waals surface area contributed by atoms with Crippen LogP contribution in [-0.2, 0) is 0 Å². The predicted molar refractivity (Wildman–Crippen MR) is 48.8 cm³/mol. The van der Waals surface area contributed by atoms with E-state index >= 15 is 0 Å². The van der Waals surface area contributed by atoms with Gasteiger partial charge in [0, 0.05) is 31.6 Å². The van der Waals surface area contributed by atoms with Gasteiger partial charge in [-0.3, -0.25) is 0 Å². The van der Waals surface area contributed by atoms with Gasteiger partial charge in [0.25, 0.3) is 0 Å². The second-order valence-electron chi connectivity index (χ2n) is 3.49. The van der Waals surface area contributed by atoms with Crippen molar-refractivity contribution in [1.82, 2.24) is 9.80 Å². The third-order valence-electron chi connectivity index (χ3n) is 2.68. The molecule has 0 saturated carbocycles. The SMILES string of the molecule is CC.CN1CC2CN(C)C2C1.